The van der Waals surface area contributed by atoms with Gasteiger partial charge in [0.05, 0.1) is 18.4 Å². The molecule has 0 N–H and O–H groups in total. The van der Waals surface area contributed by atoms with Crippen LogP contribution in [0.4, 0.5) is 5.69 Å². The molecule has 0 saturated carbocycles. The van der Waals surface area contributed by atoms with Gasteiger partial charge in [-0.2, -0.15) is 0 Å². The van der Waals surface area contributed by atoms with Gasteiger partial charge in [-0.15, -0.1) is 0 Å². The number of piperidine rings is 1. The molecule has 0 bridgehead atoms. The number of hydrogen-bond acceptors (Lipinski definition) is 4. The summed E-state index contributed by atoms with van der Waals surface area (Å²) in [6.07, 6.45) is 1.92. The Morgan fingerprint density at radius 1 is 0.839 bits per heavy atom. The van der Waals surface area contributed by atoms with Gasteiger partial charge in [0.1, 0.15) is 11.4 Å². The Labute approximate surface area is 185 Å². The fourth-order valence-electron chi connectivity index (χ4n) is 4.26. The van der Waals surface area contributed by atoms with Crippen LogP contribution in [0.5, 0.6) is 5.75 Å². The van der Waals surface area contributed by atoms with Gasteiger partial charge in [0.2, 0.25) is 0 Å². The first-order chi connectivity index (χ1) is 15.1. The summed E-state index contributed by atoms with van der Waals surface area (Å²) in [5.74, 6) is 0.757. The van der Waals surface area contributed by atoms with Crippen LogP contribution in [0.1, 0.15) is 29.5 Å². The summed E-state index contributed by atoms with van der Waals surface area (Å²) in [5, 5.41) is 0. The van der Waals surface area contributed by atoms with Gasteiger partial charge in [0.15, 0.2) is 0 Å². The molecule has 1 saturated heterocycles. The second-order valence-electron chi connectivity index (χ2n) is 8.08. The van der Waals surface area contributed by atoms with Crippen LogP contribution in [0.25, 0.3) is 0 Å². The molecule has 1 heterocycles. The van der Waals surface area contributed by atoms with E-state index in [1.54, 1.807) is 7.11 Å². The van der Waals surface area contributed by atoms with E-state index in [0.717, 1.165) is 59.8 Å². The monoisotopic (exact) mass is 414 g/mol. The highest BCUT2D eigenvalue weighted by atomic mass is 16.5. The van der Waals surface area contributed by atoms with Crippen molar-refractivity contribution < 1.29 is 9.47 Å². The van der Waals surface area contributed by atoms with Gasteiger partial charge in [0, 0.05) is 31.3 Å². The van der Waals surface area contributed by atoms with Gasteiger partial charge in [-0.3, -0.25) is 0 Å². The molecular weight excluding hydrogens is 384 g/mol. The predicted molar refractivity (Wildman–Crippen MR) is 127 cm³/mol. The van der Waals surface area contributed by atoms with Crippen LogP contribution in [0.15, 0.2) is 83.9 Å². The second kappa shape index (κ2) is 9.46. The molecule has 160 valence electrons. The van der Waals surface area contributed by atoms with Crippen LogP contribution < -0.4 is 4.74 Å². The van der Waals surface area contributed by atoms with E-state index in [1.165, 1.54) is 0 Å². The molecule has 3 aromatic rings. The van der Waals surface area contributed by atoms with Crippen LogP contribution in [-0.2, 0) is 10.3 Å². The first kappa shape index (κ1) is 21.3. The standard InChI is InChI=1S/C27H30N2O2/c1-29-18-16-27(31-3,17-19-29)23-14-15-25(30-2)24(20-23)28-26(21-10-6-4-7-11-21)22-12-8-5-9-13-22/h4-15,20H,16-19H2,1-3H3. The highest BCUT2D eigenvalue weighted by Crippen LogP contribution is 2.40. The summed E-state index contributed by atoms with van der Waals surface area (Å²) in [4.78, 5) is 7.48. The average Bonchev–Trinajstić information content (AvgIpc) is 2.84. The normalized spacial score (nSPS) is 16.0. The third-order valence-electron chi connectivity index (χ3n) is 6.22. The molecule has 1 aliphatic heterocycles. The van der Waals surface area contributed by atoms with E-state index < -0.39 is 0 Å². The molecular formula is C27H30N2O2. The smallest absolute Gasteiger partial charge is 0.144 e. The number of rotatable bonds is 6. The van der Waals surface area contributed by atoms with E-state index in [-0.39, 0.29) is 5.60 Å². The molecule has 4 rings (SSSR count). The Morgan fingerprint density at radius 2 is 1.42 bits per heavy atom. The van der Waals surface area contributed by atoms with Crippen molar-refractivity contribution in [2.45, 2.75) is 18.4 Å². The van der Waals surface area contributed by atoms with Gasteiger partial charge >= 0.3 is 0 Å². The van der Waals surface area contributed by atoms with E-state index in [1.807, 2.05) is 49.6 Å². The molecule has 0 spiro atoms. The zero-order valence-electron chi connectivity index (χ0n) is 18.5. The Kier molecular flexibility index (Phi) is 6.50. The zero-order valence-corrected chi connectivity index (χ0v) is 18.5. The number of benzene rings is 3. The summed E-state index contributed by atoms with van der Waals surface area (Å²) >= 11 is 0. The van der Waals surface area contributed by atoms with Crippen molar-refractivity contribution in [3.8, 4) is 5.75 Å². The third kappa shape index (κ3) is 4.55. The number of ether oxygens (including phenoxy) is 2. The molecule has 0 aliphatic carbocycles. The molecule has 1 aliphatic rings. The van der Waals surface area contributed by atoms with Gasteiger partial charge in [-0.25, -0.2) is 4.99 Å². The molecule has 4 heteroatoms. The van der Waals surface area contributed by atoms with Crippen molar-refractivity contribution in [3.05, 3.63) is 95.6 Å². The van der Waals surface area contributed by atoms with Crippen LogP contribution in [0.3, 0.4) is 0 Å². The summed E-state index contributed by atoms with van der Waals surface area (Å²) in [5.41, 5.74) is 4.75. The van der Waals surface area contributed by atoms with Gasteiger partial charge in [0.25, 0.3) is 0 Å². The quantitative estimate of drug-likeness (QED) is 0.504. The van der Waals surface area contributed by atoms with Crippen molar-refractivity contribution >= 4 is 11.4 Å². The van der Waals surface area contributed by atoms with Crippen LogP contribution >= 0.6 is 0 Å². The molecule has 31 heavy (non-hydrogen) atoms. The number of hydrogen-bond donors (Lipinski definition) is 0. The van der Waals surface area contributed by atoms with Gasteiger partial charge < -0.3 is 14.4 Å². The molecule has 0 unspecified atom stereocenters. The zero-order chi connectivity index (χ0) is 21.7. The summed E-state index contributed by atoms with van der Waals surface area (Å²) in [6, 6.07) is 26.9. The highest BCUT2D eigenvalue weighted by Gasteiger charge is 2.36. The predicted octanol–water partition coefficient (Wildman–Crippen LogP) is 5.43. The fraction of sp³-hybridized carbons (Fsp3) is 0.296. The van der Waals surface area contributed by atoms with Crippen molar-refractivity contribution in [2.75, 3.05) is 34.4 Å². The maximum Gasteiger partial charge on any atom is 0.144 e. The topological polar surface area (TPSA) is 34.1 Å². The molecule has 3 aromatic carbocycles. The highest BCUT2D eigenvalue weighted by molar-refractivity contribution is 6.14. The lowest BCUT2D eigenvalue weighted by Crippen LogP contribution is -2.42. The SMILES string of the molecule is COc1ccc(C2(OC)CCN(C)CC2)cc1N=C(c1ccccc1)c1ccccc1. The minimum atomic E-state index is -0.289. The Hall–Kier alpha value is -2.95. The maximum absolute atomic E-state index is 6.10. The summed E-state index contributed by atoms with van der Waals surface area (Å²) in [7, 11) is 5.67. The molecule has 4 nitrogen and oxygen atoms in total. The molecule has 0 aromatic heterocycles. The Balaban J connectivity index is 1.83. The Morgan fingerprint density at radius 3 is 1.94 bits per heavy atom. The first-order valence-corrected chi connectivity index (χ1v) is 10.8. The maximum atomic E-state index is 6.10. The van der Waals surface area contributed by atoms with E-state index in [4.69, 9.17) is 14.5 Å². The number of nitrogens with zero attached hydrogens (tertiary/aromatic N) is 2. The Bertz CT molecular complexity index is 982. The van der Waals surface area contributed by atoms with Gasteiger partial charge in [-0.1, -0.05) is 66.7 Å². The lowest BCUT2D eigenvalue weighted by molar-refractivity contribution is -0.0585. The van der Waals surface area contributed by atoms with E-state index in [9.17, 15) is 0 Å². The molecule has 0 atom stereocenters. The molecule has 0 radical (unpaired) electrons. The van der Waals surface area contributed by atoms with Crippen LogP contribution in [0, 0.1) is 0 Å². The summed E-state index contributed by atoms with van der Waals surface area (Å²) in [6.45, 7) is 2.02. The second-order valence-corrected chi connectivity index (χ2v) is 8.08. The van der Waals surface area contributed by atoms with Crippen LogP contribution in [0.2, 0.25) is 0 Å². The lowest BCUT2D eigenvalue weighted by atomic mass is 9.84. The lowest BCUT2D eigenvalue weighted by Gasteiger charge is -2.40. The van der Waals surface area contributed by atoms with E-state index in [2.05, 4.69) is 48.3 Å². The minimum Gasteiger partial charge on any atom is -0.494 e. The van der Waals surface area contributed by atoms with Crippen LogP contribution in [-0.4, -0.2) is 45.0 Å². The number of likely N-dealkylation sites (tertiary alicyclic amines) is 1. The van der Waals surface area contributed by atoms with Crippen molar-refractivity contribution in [1.29, 1.82) is 0 Å². The largest absolute Gasteiger partial charge is 0.494 e. The van der Waals surface area contributed by atoms with E-state index in [0.29, 0.717) is 0 Å². The van der Waals surface area contributed by atoms with Crippen molar-refractivity contribution in [1.82, 2.24) is 4.90 Å². The minimum absolute atomic E-state index is 0.289. The van der Waals surface area contributed by atoms with Crippen molar-refractivity contribution in [2.24, 2.45) is 4.99 Å². The number of aliphatic imine (C=N–C) groups is 1. The van der Waals surface area contributed by atoms with E-state index >= 15 is 0 Å². The third-order valence-corrected chi connectivity index (χ3v) is 6.22. The first-order valence-electron chi connectivity index (χ1n) is 10.8. The van der Waals surface area contributed by atoms with Crippen molar-refractivity contribution in [3.63, 3.8) is 0 Å². The molecule has 0 amide bonds. The summed E-state index contributed by atoms with van der Waals surface area (Å²) < 4.78 is 11.8. The average molecular weight is 415 g/mol. The molecule has 1 fully saturated rings. The fourth-order valence-corrected chi connectivity index (χ4v) is 4.26. The number of methoxy groups -OCH3 is 2. The van der Waals surface area contributed by atoms with Gasteiger partial charge in [-0.05, 0) is 37.6 Å².